The fraction of sp³-hybridized carbons (Fsp3) is 0.500. The molecule has 0 fully saturated rings. The second kappa shape index (κ2) is 4.02. The van der Waals surface area contributed by atoms with E-state index >= 15 is 0 Å². The second-order valence-electron chi connectivity index (χ2n) is 2.15. The molecule has 4 nitrogen and oxygen atoms in total. The van der Waals surface area contributed by atoms with Crippen molar-refractivity contribution in [2.45, 2.75) is 19.3 Å². The van der Waals surface area contributed by atoms with Crippen LogP contribution in [0.1, 0.15) is 17.8 Å². The minimum absolute atomic E-state index is 0.255. The van der Waals surface area contributed by atoms with Gasteiger partial charge in [0.1, 0.15) is 10.5 Å². The van der Waals surface area contributed by atoms with Crippen LogP contribution in [0.4, 0.5) is 0 Å². The van der Waals surface area contributed by atoms with Crippen LogP contribution >= 0.6 is 11.3 Å². The molecule has 1 heterocycles. The minimum atomic E-state index is -0.255. The van der Waals surface area contributed by atoms with Gasteiger partial charge in [-0.25, -0.2) is 0 Å². The Labute approximate surface area is 68.4 Å². The molecule has 60 valence electrons. The molecule has 0 bridgehead atoms. The summed E-state index contributed by atoms with van der Waals surface area (Å²) in [5.41, 5.74) is 6.64. The van der Waals surface area contributed by atoms with Crippen molar-refractivity contribution in [3.8, 4) is 0 Å². The molecule has 2 N–H and O–H groups in total. The Kier molecular flexibility index (Phi) is 2.97. The van der Waals surface area contributed by atoms with E-state index < -0.39 is 0 Å². The van der Waals surface area contributed by atoms with Crippen LogP contribution in [0.15, 0.2) is 5.51 Å². The van der Waals surface area contributed by atoms with Crippen LogP contribution in [0.3, 0.4) is 0 Å². The molecule has 1 amide bonds. The molecular weight excluding hydrogens is 162 g/mol. The zero-order valence-corrected chi connectivity index (χ0v) is 6.80. The van der Waals surface area contributed by atoms with Crippen LogP contribution in [-0.4, -0.2) is 16.1 Å². The van der Waals surface area contributed by atoms with Gasteiger partial charge in [0.05, 0.1) is 0 Å². The largest absolute Gasteiger partial charge is 0.370 e. The lowest BCUT2D eigenvalue weighted by molar-refractivity contribution is -0.118. The topological polar surface area (TPSA) is 68.9 Å². The summed E-state index contributed by atoms with van der Waals surface area (Å²) in [7, 11) is 0. The van der Waals surface area contributed by atoms with Crippen LogP contribution in [0.2, 0.25) is 0 Å². The number of hydrogen-bond acceptors (Lipinski definition) is 4. The van der Waals surface area contributed by atoms with E-state index in [1.54, 1.807) is 5.51 Å². The fourth-order valence-corrected chi connectivity index (χ4v) is 1.29. The summed E-state index contributed by atoms with van der Waals surface area (Å²) in [5.74, 6) is -0.255. The molecule has 1 rings (SSSR count). The van der Waals surface area contributed by atoms with Crippen LogP contribution in [-0.2, 0) is 11.2 Å². The maximum atomic E-state index is 10.3. The molecule has 0 unspecified atom stereocenters. The van der Waals surface area contributed by atoms with E-state index in [2.05, 4.69) is 10.2 Å². The maximum Gasteiger partial charge on any atom is 0.217 e. The zero-order valence-electron chi connectivity index (χ0n) is 5.99. The number of nitrogens with two attached hydrogens (primary N) is 1. The van der Waals surface area contributed by atoms with Gasteiger partial charge in [-0.1, -0.05) is 0 Å². The van der Waals surface area contributed by atoms with Crippen molar-refractivity contribution in [2.75, 3.05) is 0 Å². The number of nitrogens with zero attached hydrogens (tertiary/aromatic N) is 2. The molecule has 0 aromatic carbocycles. The van der Waals surface area contributed by atoms with Gasteiger partial charge in [0.2, 0.25) is 5.91 Å². The average Bonchev–Trinajstić information content (AvgIpc) is 2.39. The van der Waals surface area contributed by atoms with E-state index in [0.717, 1.165) is 17.8 Å². The van der Waals surface area contributed by atoms with Gasteiger partial charge in [0.15, 0.2) is 0 Å². The number of carbonyl (C=O) groups is 1. The van der Waals surface area contributed by atoms with Crippen LogP contribution in [0, 0.1) is 0 Å². The third-order valence-corrected chi connectivity index (χ3v) is 1.98. The zero-order chi connectivity index (χ0) is 8.10. The van der Waals surface area contributed by atoms with E-state index in [4.69, 9.17) is 5.73 Å². The summed E-state index contributed by atoms with van der Waals surface area (Å²) in [5, 5.41) is 8.47. The highest BCUT2D eigenvalue weighted by Crippen LogP contribution is 2.05. The molecule has 5 heteroatoms. The predicted molar refractivity (Wildman–Crippen MR) is 42.0 cm³/mol. The Hall–Kier alpha value is -0.970. The first kappa shape index (κ1) is 8.13. The first-order valence-electron chi connectivity index (χ1n) is 3.32. The Morgan fingerprint density at radius 2 is 2.55 bits per heavy atom. The molecule has 1 aromatic heterocycles. The average molecular weight is 171 g/mol. The van der Waals surface area contributed by atoms with Gasteiger partial charge in [-0.2, -0.15) is 0 Å². The van der Waals surface area contributed by atoms with E-state index in [-0.39, 0.29) is 5.91 Å². The Balaban J connectivity index is 2.19. The van der Waals surface area contributed by atoms with Gasteiger partial charge in [0.25, 0.3) is 0 Å². The summed E-state index contributed by atoms with van der Waals surface area (Å²) < 4.78 is 0. The molecule has 0 aliphatic carbocycles. The molecule has 0 atom stereocenters. The number of amides is 1. The normalized spacial score (nSPS) is 9.82. The monoisotopic (exact) mass is 171 g/mol. The van der Waals surface area contributed by atoms with Crippen molar-refractivity contribution >= 4 is 17.2 Å². The van der Waals surface area contributed by atoms with Crippen molar-refractivity contribution in [3.05, 3.63) is 10.5 Å². The molecule has 11 heavy (non-hydrogen) atoms. The highest BCUT2D eigenvalue weighted by molar-refractivity contribution is 7.09. The Bertz CT molecular complexity index is 222. The third-order valence-electron chi connectivity index (χ3n) is 1.22. The van der Waals surface area contributed by atoms with Crippen molar-refractivity contribution in [1.29, 1.82) is 0 Å². The summed E-state index contributed by atoms with van der Waals surface area (Å²) in [6, 6.07) is 0. The van der Waals surface area contributed by atoms with E-state index in [0.29, 0.717) is 6.42 Å². The third kappa shape index (κ3) is 3.08. The Morgan fingerprint density at radius 1 is 1.73 bits per heavy atom. The number of hydrogen-bond donors (Lipinski definition) is 1. The number of aryl methyl sites for hydroxylation is 1. The highest BCUT2D eigenvalue weighted by Gasteiger charge is 1.98. The van der Waals surface area contributed by atoms with Gasteiger partial charge >= 0.3 is 0 Å². The first-order valence-corrected chi connectivity index (χ1v) is 4.20. The molecule has 0 spiro atoms. The summed E-state index contributed by atoms with van der Waals surface area (Å²) >= 11 is 1.50. The smallest absolute Gasteiger partial charge is 0.217 e. The van der Waals surface area contributed by atoms with Crippen molar-refractivity contribution < 1.29 is 4.79 Å². The summed E-state index contributed by atoms with van der Waals surface area (Å²) in [4.78, 5) is 10.3. The lowest BCUT2D eigenvalue weighted by atomic mass is 10.2. The summed E-state index contributed by atoms with van der Waals surface area (Å²) in [6.07, 6.45) is 2.00. The number of primary amides is 1. The van der Waals surface area contributed by atoms with Gasteiger partial charge in [-0.15, -0.1) is 21.5 Å². The number of rotatable bonds is 4. The number of aromatic nitrogens is 2. The molecule has 0 saturated heterocycles. The number of carbonyl (C=O) groups excluding carboxylic acids is 1. The Morgan fingerprint density at radius 3 is 3.09 bits per heavy atom. The molecular formula is C6H9N3OS. The SMILES string of the molecule is NC(=O)CCCc1nncs1. The molecule has 0 radical (unpaired) electrons. The van der Waals surface area contributed by atoms with Crippen molar-refractivity contribution in [2.24, 2.45) is 5.73 Å². The quantitative estimate of drug-likeness (QED) is 0.710. The van der Waals surface area contributed by atoms with Crippen LogP contribution in [0.25, 0.3) is 0 Å². The van der Waals surface area contributed by atoms with Crippen LogP contribution in [0.5, 0.6) is 0 Å². The molecule has 0 aliphatic heterocycles. The van der Waals surface area contributed by atoms with Gasteiger partial charge < -0.3 is 5.73 Å². The van der Waals surface area contributed by atoms with Gasteiger partial charge in [0, 0.05) is 12.8 Å². The van der Waals surface area contributed by atoms with Crippen molar-refractivity contribution in [3.63, 3.8) is 0 Å². The van der Waals surface area contributed by atoms with Gasteiger partial charge in [-0.05, 0) is 6.42 Å². The van der Waals surface area contributed by atoms with E-state index in [9.17, 15) is 4.79 Å². The lowest BCUT2D eigenvalue weighted by Gasteiger charge is -1.91. The maximum absolute atomic E-state index is 10.3. The fourth-order valence-electron chi connectivity index (χ4n) is 0.719. The van der Waals surface area contributed by atoms with Crippen LogP contribution < -0.4 is 5.73 Å². The van der Waals surface area contributed by atoms with E-state index in [1.807, 2.05) is 0 Å². The molecule has 1 aromatic rings. The lowest BCUT2D eigenvalue weighted by Crippen LogP contribution is -2.10. The predicted octanol–water partition coefficient (Wildman–Crippen LogP) is 0.346. The second-order valence-corrected chi connectivity index (χ2v) is 3.07. The molecule has 0 aliphatic rings. The minimum Gasteiger partial charge on any atom is -0.370 e. The van der Waals surface area contributed by atoms with Crippen molar-refractivity contribution in [1.82, 2.24) is 10.2 Å². The standard InChI is InChI=1S/C6H9N3OS/c7-5(10)2-1-3-6-9-8-4-11-6/h4H,1-3H2,(H2,7,10). The highest BCUT2D eigenvalue weighted by atomic mass is 32.1. The van der Waals surface area contributed by atoms with Gasteiger partial charge in [-0.3, -0.25) is 4.79 Å². The first-order chi connectivity index (χ1) is 5.29. The summed E-state index contributed by atoms with van der Waals surface area (Å²) in [6.45, 7) is 0. The molecule has 0 saturated carbocycles. The van der Waals surface area contributed by atoms with E-state index in [1.165, 1.54) is 11.3 Å².